The van der Waals surface area contributed by atoms with Gasteiger partial charge in [-0.1, -0.05) is 180 Å². The number of aromatic nitrogens is 2. The van der Waals surface area contributed by atoms with Crippen molar-refractivity contribution in [3.05, 3.63) is 216 Å². The molecule has 5 nitrogen and oxygen atoms in total. The van der Waals surface area contributed by atoms with Crippen molar-refractivity contribution >= 4 is 44.6 Å². The molecule has 5 heteroatoms. The number of aryl methyl sites for hydroxylation is 1. The second-order valence-corrected chi connectivity index (χ2v) is 26.5. The van der Waals surface area contributed by atoms with E-state index in [-0.39, 0.29) is 21.7 Å². The normalized spacial score (nSPS) is 15.7. The summed E-state index contributed by atoms with van der Waals surface area (Å²) < 4.78 is 37.0. The molecule has 3 heterocycles. The van der Waals surface area contributed by atoms with Gasteiger partial charge in [0, 0.05) is 50.0 Å². The number of para-hydroxylation sites is 3. The molecule has 0 N–H and O–H groups in total. The van der Waals surface area contributed by atoms with Crippen molar-refractivity contribution in [2.24, 2.45) is 5.92 Å². The Balaban J connectivity index is 1.00. The van der Waals surface area contributed by atoms with Gasteiger partial charge in [0.25, 0.3) is 0 Å². The molecule has 1 aliphatic heterocycles. The van der Waals surface area contributed by atoms with Crippen molar-refractivity contribution in [3.8, 4) is 50.7 Å². The molecule has 0 spiro atoms. The maximum absolute atomic E-state index is 9.29. The van der Waals surface area contributed by atoms with Gasteiger partial charge in [0.15, 0.2) is 0 Å². The van der Waals surface area contributed by atoms with Crippen LogP contribution in [0.15, 0.2) is 182 Å². The topological polar surface area (TPSA) is 33.5 Å². The van der Waals surface area contributed by atoms with Crippen molar-refractivity contribution in [3.63, 3.8) is 0 Å². The molecule has 0 bridgehead atoms. The zero-order valence-electron chi connectivity index (χ0n) is 51.9. The number of fused-ring (bicyclic) bond motifs is 5. The molecule has 80 heavy (non-hydrogen) atoms. The lowest BCUT2D eigenvalue weighted by Crippen LogP contribution is -2.33. The van der Waals surface area contributed by atoms with Crippen LogP contribution in [0.1, 0.15) is 133 Å². The smallest absolute Gasteiger partial charge is 0.137 e. The lowest BCUT2D eigenvalue weighted by Gasteiger charge is -2.42. The predicted molar refractivity (Wildman–Crippen MR) is 339 cm³/mol. The van der Waals surface area contributed by atoms with Gasteiger partial charge in [0.05, 0.1) is 28.1 Å². The van der Waals surface area contributed by atoms with Crippen molar-refractivity contribution in [1.82, 2.24) is 9.55 Å². The first-order chi connectivity index (χ1) is 39.3. The summed E-state index contributed by atoms with van der Waals surface area (Å²) in [5, 5.41) is 2.29. The summed E-state index contributed by atoms with van der Waals surface area (Å²) in [6.07, 6.45) is 4.96. The van der Waals surface area contributed by atoms with Crippen molar-refractivity contribution in [2.45, 2.75) is 131 Å². The van der Waals surface area contributed by atoms with Crippen LogP contribution in [0.4, 0.5) is 22.7 Å². The zero-order valence-corrected chi connectivity index (χ0v) is 48.9. The summed E-state index contributed by atoms with van der Waals surface area (Å²) in [5.41, 5.74) is 18.5. The number of nitrogens with zero attached hydrogens (tertiary/aromatic N) is 4. The lowest BCUT2D eigenvalue weighted by molar-refractivity contribution is 0.332. The van der Waals surface area contributed by atoms with Gasteiger partial charge in [0.1, 0.15) is 24.0 Å². The van der Waals surface area contributed by atoms with Gasteiger partial charge >= 0.3 is 0 Å². The van der Waals surface area contributed by atoms with Crippen LogP contribution in [-0.4, -0.2) is 16.2 Å². The molecule has 0 fully saturated rings. The second-order valence-electron chi connectivity index (χ2n) is 26.5. The van der Waals surface area contributed by atoms with E-state index in [2.05, 4.69) is 261 Å². The average molecular weight is 1050 g/mol. The minimum Gasteiger partial charge on any atom is -0.457 e. The summed E-state index contributed by atoms with van der Waals surface area (Å²) in [5.74, 6) is 2.66. The van der Waals surface area contributed by atoms with Crippen LogP contribution in [0.5, 0.6) is 11.5 Å². The Morgan fingerprint density at radius 1 is 0.550 bits per heavy atom. The molecule has 1 aliphatic carbocycles. The summed E-state index contributed by atoms with van der Waals surface area (Å²) in [4.78, 5) is 9.72. The van der Waals surface area contributed by atoms with Gasteiger partial charge in [-0.25, -0.2) is 4.98 Å². The molecule has 2 aromatic heterocycles. The third-order valence-electron chi connectivity index (χ3n) is 17.2. The average Bonchev–Trinajstić information content (AvgIpc) is 3.37. The molecule has 2 aliphatic rings. The highest BCUT2D eigenvalue weighted by Gasteiger charge is 2.38. The SMILES string of the molecule is [2H]C([2H])([2H])c1cc(-c2ccc(C(C)(C)C)cc2)ccc1-c1cc(CC(C)C)cc(-c2ccc3c(c2)C(C)(C)CCC3(C)C)c1N1CN(c2cccc(Oc3ccc4c5ccccc5n(-c5cc(C(C)(C)C)ccn5)c4c3)c2)c2ccccc21. The van der Waals surface area contributed by atoms with Crippen molar-refractivity contribution < 1.29 is 8.85 Å². The lowest BCUT2D eigenvalue weighted by atomic mass is 9.63. The molecule has 8 aromatic carbocycles. The van der Waals surface area contributed by atoms with Gasteiger partial charge in [-0.15, -0.1) is 0 Å². The van der Waals surface area contributed by atoms with E-state index in [0.717, 1.165) is 103 Å². The van der Waals surface area contributed by atoms with E-state index in [9.17, 15) is 4.11 Å². The standard InChI is InChI=1S/C75H78N4O/c1-48(2)39-50-41-62(53-28-34-64-65(43-53)75(12,13)37-36-74(64,10)11)71(63(42-50)59-32-27-52(40-49(59)3)51-25-29-54(30-26-51)72(4,5)6)78-47-77(67-23-16-17-24-68(67)78)56-19-18-20-57(45-56)80-58-31-33-61-60-21-14-15-22-66(60)79(69(61)46-58)70-44-55(35-38-76-70)73(7,8)9/h14-35,38,40-46,48H,36-37,39,47H2,1-13H3/i3D3. The third-order valence-corrected chi connectivity index (χ3v) is 17.2. The van der Waals surface area contributed by atoms with Gasteiger partial charge in [-0.2, -0.15) is 0 Å². The molecule has 404 valence electrons. The Morgan fingerprint density at radius 3 is 1.95 bits per heavy atom. The number of ether oxygens (including phenoxy) is 1. The Morgan fingerprint density at radius 2 is 1.21 bits per heavy atom. The van der Waals surface area contributed by atoms with Crippen LogP contribution in [-0.2, 0) is 28.1 Å². The molecule has 12 rings (SSSR count). The second kappa shape index (κ2) is 19.7. The third kappa shape index (κ3) is 9.67. The first kappa shape index (κ1) is 49.2. The van der Waals surface area contributed by atoms with Crippen molar-refractivity contribution in [2.75, 3.05) is 16.5 Å². The number of pyridine rings is 1. The van der Waals surface area contributed by atoms with Crippen LogP contribution in [0.25, 0.3) is 61.0 Å². The Labute approximate surface area is 480 Å². The fourth-order valence-electron chi connectivity index (χ4n) is 12.6. The van der Waals surface area contributed by atoms with E-state index in [1.54, 1.807) is 0 Å². The van der Waals surface area contributed by atoms with Gasteiger partial charge in [-0.05, 0) is 176 Å². The Kier molecular flexibility index (Phi) is 12.1. The van der Waals surface area contributed by atoms with Crippen molar-refractivity contribution in [1.29, 1.82) is 0 Å². The molecular formula is C75H78N4O. The van der Waals surface area contributed by atoms with Gasteiger partial charge in [0.2, 0.25) is 0 Å². The van der Waals surface area contributed by atoms with Crippen LogP contribution < -0.4 is 14.5 Å². The minimum absolute atomic E-state index is 0.0101. The monoisotopic (exact) mass is 1050 g/mol. The molecule has 10 aromatic rings. The number of hydrogen-bond acceptors (Lipinski definition) is 4. The van der Waals surface area contributed by atoms with E-state index in [1.165, 1.54) is 27.8 Å². The van der Waals surface area contributed by atoms with Crippen LogP contribution in [0, 0.1) is 12.8 Å². The highest BCUT2D eigenvalue weighted by molar-refractivity contribution is 6.09. The number of hydrogen-bond donors (Lipinski definition) is 0. The highest BCUT2D eigenvalue weighted by atomic mass is 16.5. The van der Waals surface area contributed by atoms with E-state index >= 15 is 0 Å². The first-order valence-corrected chi connectivity index (χ1v) is 28.8. The quantitative estimate of drug-likeness (QED) is 0.137. The van der Waals surface area contributed by atoms with Gasteiger partial charge < -0.3 is 14.5 Å². The molecule has 0 saturated carbocycles. The molecule has 0 atom stereocenters. The van der Waals surface area contributed by atoms with E-state index in [4.69, 9.17) is 9.72 Å². The fraction of sp³-hybridized carbons (Fsp3) is 0.293. The summed E-state index contributed by atoms with van der Waals surface area (Å²) in [6.45, 7) is 25.5. The molecule has 0 radical (unpaired) electrons. The van der Waals surface area contributed by atoms with Gasteiger partial charge in [-0.3, -0.25) is 4.57 Å². The van der Waals surface area contributed by atoms with Crippen LogP contribution in [0.3, 0.4) is 0 Å². The Bertz CT molecular complexity index is 4130. The zero-order chi connectivity index (χ0) is 58.5. The predicted octanol–water partition coefficient (Wildman–Crippen LogP) is 20.7. The molecule has 0 unspecified atom stereocenters. The molecule has 0 amide bonds. The Hall–Kier alpha value is -7.89. The van der Waals surface area contributed by atoms with E-state index in [0.29, 0.717) is 29.5 Å². The number of anilines is 4. The summed E-state index contributed by atoms with van der Waals surface area (Å²) >= 11 is 0. The highest BCUT2D eigenvalue weighted by Crippen LogP contribution is 2.54. The number of benzene rings is 8. The number of rotatable bonds is 10. The largest absolute Gasteiger partial charge is 0.457 e. The summed E-state index contributed by atoms with van der Waals surface area (Å²) in [6, 6.07) is 62.8. The molecule has 0 saturated heterocycles. The maximum atomic E-state index is 9.29. The fourth-order valence-corrected chi connectivity index (χ4v) is 12.6. The van der Waals surface area contributed by atoms with Crippen LogP contribution >= 0.6 is 0 Å². The first-order valence-electron chi connectivity index (χ1n) is 30.3. The minimum atomic E-state index is -2.42. The maximum Gasteiger partial charge on any atom is 0.137 e. The molecular weight excluding hydrogens is 973 g/mol. The van der Waals surface area contributed by atoms with E-state index < -0.39 is 6.85 Å². The van der Waals surface area contributed by atoms with Crippen LogP contribution in [0.2, 0.25) is 0 Å². The van der Waals surface area contributed by atoms with E-state index in [1.807, 2.05) is 18.3 Å². The summed E-state index contributed by atoms with van der Waals surface area (Å²) in [7, 11) is 0.